The molecule has 3 atom stereocenters. The van der Waals surface area contributed by atoms with Crippen molar-refractivity contribution in [1.29, 1.82) is 0 Å². The van der Waals surface area contributed by atoms with Gasteiger partial charge in [-0.2, -0.15) is 0 Å². The van der Waals surface area contributed by atoms with Crippen LogP contribution in [0.25, 0.3) is 0 Å². The molecule has 2 aliphatic heterocycles. The largest absolute Gasteiger partial charge is 0.486 e. The molecule has 1 saturated carbocycles. The Morgan fingerprint density at radius 3 is 2.76 bits per heavy atom. The van der Waals surface area contributed by atoms with E-state index in [9.17, 15) is 9.59 Å². The first-order chi connectivity index (χ1) is 12.1. The molecule has 1 saturated heterocycles. The molecule has 1 aromatic carbocycles. The lowest BCUT2D eigenvalue weighted by Gasteiger charge is -2.32. The van der Waals surface area contributed by atoms with Crippen molar-refractivity contribution in [3.63, 3.8) is 0 Å². The van der Waals surface area contributed by atoms with Crippen LogP contribution >= 0.6 is 0 Å². The van der Waals surface area contributed by atoms with Crippen LogP contribution < -0.4 is 9.47 Å². The smallest absolute Gasteiger partial charge is 0.306 e. The number of benzene rings is 1. The summed E-state index contributed by atoms with van der Waals surface area (Å²) in [4.78, 5) is 25.3. The van der Waals surface area contributed by atoms with Crippen molar-refractivity contribution >= 4 is 11.9 Å². The number of carbonyl (C=O) groups is 2. The molecule has 3 aliphatic rings. The monoisotopic (exact) mass is 347 g/mol. The van der Waals surface area contributed by atoms with Crippen LogP contribution in [0.3, 0.4) is 0 Å². The first kappa shape index (κ1) is 16.2. The van der Waals surface area contributed by atoms with Crippen molar-refractivity contribution in [3.8, 4) is 11.5 Å². The summed E-state index contributed by atoms with van der Waals surface area (Å²) < 4.78 is 16.6. The highest BCUT2D eigenvalue weighted by Gasteiger charge is 2.46. The van der Waals surface area contributed by atoms with Crippen LogP contribution in [0, 0.1) is 5.92 Å². The predicted octanol–water partition coefficient (Wildman–Crippen LogP) is 1.26. The van der Waals surface area contributed by atoms with Crippen molar-refractivity contribution in [1.82, 2.24) is 4.90 Å². The zero-order valence-corrected chi connectivity index (χ0v) is 13.8. The number of carboxylic acids is 1. The molecule has 1 N–H and O–H groups in total. The number of carbonyl (C=O) groups excluding carboxylic acids is 1. The summed E-state index contributed by atoms with van der Waals surface area (Å²) in [5, 5.41) is 8.89. The van der Waals surface area contributed by atoms with Crippen molar-refractivity contribution in [2.24, 2.45) is 5.92 Å². The van der Waals surface area contributed by atoms with Gasteiger partial charge in [-0.05, 0) is 30.0 Å². The first-order valence-electron chi connectivity index (χ1n) is 8.63. The number of carboxylic acid groups (broad SMARTS) is 1. The second-order valence-corrected chi connectivity index (χ2v) is 6.73. The molecule has 1 aromatic rings. The van der Waals surface area contributed by atoms with E-state index in [1.165, 1.54) is 0 Å². The molecule has 2 heterocycles. The minimum absolute atomic E-state index is 0.0360. The van der Waals surface area contributed by atoms with Crippen molar-refractivity contribution in [3.05, 3.63) is 23.8 Å². The average molecular weight is 347 g/mol. The number of morpholine rings is 1. The molecule has 1 amide bonds. The molecule has 0 radical (unpaired) electrons. The molecule has 0 unspecified atom stereocenters. The third-order valence-electron chi connectivity index (χ3n) is 4.95. The van der Waals surface area contributed by atoms with Gasteiger partial charge in [0.2, 0.25) is 5.91 Å². The van der Waals surface area contributed by atoms with Crippen LogP contribution in [0.15, 0.2) is 18.2 Å². The van der Waals surface area contributed by atoms with Crippen LogP contribution in [0.5, 0.6) is 11.5 Å². The first-order valence-corrected chi connectivity index (χ1v) is 8.63. The lowest BCUT2D eigenvalue weighted by molar-refractivity contribution is -0.148. The fourth-order valence-corrected chi connectivity index (χ4v) is 3.60. The highest BCUT2D eigenvalue weighted by molar-refractivity contribution is 5.83. The third kappa shape index (κ3) is 3.42. The summed E-state index contributed by atoms with van der Waals surface area (Å²) >= 11 is 0. The lowest BCUT2D eigenvalue weighted by Crippen LogP contribution is -2.47. The van der Waals surface area contributed by atoms with Crippen molar-refractivity contribution in [2.75, 3.05) is 32.9 Å². The van der Waals surface area contributed by atoms with E-state index in [-0.39, 0.29) is 24.2 Å². The minimum Gasteiger partial charge on any atom is -0.486 e. The summed E-state index contributed by atoms with van der Waals surface area (Å²) in [6.45, 7) is 2.38. The van der Waals surface area contributed by atoms with E-state index in [2.05, 4.69) is 0 Å². The van der Waals surface area contributed by atoms with Gasteiger partial charge in [0.1, 0.15) is 13.2 Å². The summed E-state index contributed by atoms with van der Waals surface area (Å²) in [6.07, 6.45) is 0.334. The predicted molar refractivity (Wildman–Crippen MR) is 86.9 cm³/mol. The Kier molecular flexibility index (Phi) is 4.25. The van der Waals surface area contributed by atoms with Gasteiger partial charge >= 0.3 is 5.97 Å². The Labute approximate surface area is 145 Å². The minimum atomic E-state index is -0.903. The number of hydrogen-bond donors (Lipinski definition) is 1. The van der Waals surface area contributed by atoms with Gasteiger partial charge in [-0.15, -0.1) is 0 Å². The summed E-state index contributed by atoms with van der Waals surface area (Å²) in [6, 6.07) is 5.87. The highest BCUT2D eigenvalue weighted by Crippen LogP contribution is 2.50. The Morgan fingerprint density at radius 1 is 1.16 bits per heavy atom. The molecular formula is C18H21NO6. The Morgan fingerprint density at radius 2 is 1.96 bits per heavy atom. The summed E-state index contributed by atoms with van der Waals surface area (Å²) in [5.74, 6) is 0.853. The fourth-order valence-electron chi connectivity index (χ4n) is 3.60. The van der Waals surface area contributed by atoms with E-state index < -0.39 is 12.1 Å². The fraction of sp³-hybridized carbons (Fsp3) is 0.556. The maximum atomic E-state index is 12.7. The Balaban J connectivity index is 1.39. The molecule has 0 bridgehead atoms. The second-order valence-electron chi connectivity index (χ2n) is 6.73. The lowest BCUT2D eigenvalue weighted by atomic mass is 10.1. The van der Waals surface area contributed by atoms with Crippen LogP contribution in [0.2, 0.25) is 0 Å². The van der Waals surface area contributed by atoms with Crippen LogP contribution in [-0.2, 0) is 14.3 Å². The maximum Gasteiger partial charge on any atom is 0.306 e. The zero-order valence-electron chi connectivity index (χ0n) is 13.8. The normalized spacial score (nSPS) is 27.7. The molecule has 134 valence electrons. The van der Waals surface area contributed by atoms with Crippen molar-refractivity contribution in [2.45, 2.75) is 24.9 Å². The molecule has 0 aromatic heterocycles. The van der Waals surface area contributed by atoms with E-state index >= 15 is 0 Å². The number of ether oxygens (including phenoxy) is 3. The Bertz CT molecular complexity index is 690. The SMILES string of the molecule is O=C(O)C[C@@H]1CN(C(=O)[C@H]2C[C@H]2c2ccc3c(c2)OCCO3)CCO1. The van der Waals surface area contributed by atoms with Gasteiger partial charge in [0.05, 0.1) is 19.1 Å². The number of hydrogen-bond acceptors (Lipinski definition) is 5. The van der Waals surface area contributed by atoms with Gasteiger partial charge < -0.3 is 24.2 Å². The second kappa shape index (κ2) is 6.55. The quantitative estimate of drug-likeness (QED) is 0.883. The number of nitrogens with zero attached hydrogens (tertiary/aromatic N) is 1. The number of rotatable bonds is 4. The average Bonchev–Trinajstić information content (AvgIpc) is 3.41. The molecule has 7 nitrogen and oxygen atoms in total. The van der Waals surface area contributed by atoms with Crippen LogP contribution in [0.4, 0.5) is 0 Å². The molecule has 25 heavy (non-hydrogen) atoms. The van der Waals surface area contributed by atoms with E-state index in [0.717, 1.165) is 23.5 Å². The molecular weight excluding hydrogens is 326 g/mol. The van der Waals surface area contributed by atoms with Crippen LogP contribution in [-0.4, -0.2) is 60.9 Å². The molecule has 4 rings (SSSR count). The summed E-state index contributed by atoms with van der Waals surface area (Å²) in [7, 11) is 0. The molecule has 0 spiro atoms. The summed E-state index contributed by atoms with van der Waals surface area (Å²) in [5.41, 5.74) is 1.10. The number of amides is 1. The van der Waals surface area contributed by atoms with Crippen LogP contribution in [0.1, 0.15) is 24.3 Å². The van der Waals surface area contributed by atoms with Gasteiger partial charge in [-0.3, -0.25) is 9.59 Å². The Hall–Kier alpha value is -2.28. The molecule has 7 heteroatoms. The standard InChI is InChI=1S/C18H21NO6/c20-17(21)8-12-10-19(3-4-23-12)18(22)14-9-13(14)11-1-2-15-16(7-11)25-6-5-24-15/h1-2,7,12-14H,3-6,8-10H2,(H,20,21)/t12-,13+,14+/m1/s1. The molecule has 2 fully saturated rings. The highest BCUT2D eigenvalue weighted by atomic mass is 16.6. The topological polar surface area (TPSA) is 85.3 Å². The van der Waals surface area contributed by atoms with Gasteiger partial charge in [0.15, 0.2) is 11.5 Å². The molecule has 1 aliphatic carbocycles. The van der Waals surface area contributed by atoms with E-state index in [1.54, 1.807) is 4.90 Å². The van der Waals surface area contributed by atoms with Gasteiger partial charge in [0, 0.05) is 19.0 Å². The maximum absolute atomic E-state index is 12.7. The van der Waals surface area contributed by atoms with Gasteiger partial charge in [0.25, 0.3) is 0 Å². The number of aliphatic carboxylic acids is 1. The van der Waals surface area contributed by atoms with E-state index in [4.69, 9.17) is 19.3 Å². The van der Waals surface area contributed by atoms with E-state index in [0.29, 0.717) is 32.9 Å². The zero-order chi connectivity index (χ0) is 17.4. The third-order valence-corrected chi connectivity index (χ3v) is 4.95. The van der Waals surface area contributed by atoms with Gasteiger partial charge in [-0.25, -0.2) is 0 Å². The number of fused-ring (bicyclic) bond motifs is 1. The van der Waals surface area contributed by atoms with Gasteiger partial charge in [-0.1, -0.05) is 6.07 Å². The van der Waals surface area contributed by atoms with E-state index in [1.807, 2.05) is 18.2 Å². The van der Waals surface area contributed by atoms with Crippen molar-refractivity contribution < 1.29 is 28.9 Å².